The molecule has 0 spiro atoms. The molecule has 1 amide bonds. The molecule has 1 aliphatic rings. The third-order valence-corrected chi connectivity index (χ3v) is 6.07. The number of piperidine rings is 1. The minimum absolute atomic E-state index is 0.123. The Kier molecular flexibility index (Phi) is 5.11. The van der Waals surface area contributed by atoms with E-state index in [9.17, 15) is 9.18 Å². The highest BCUT2D eigenvalue weighted by atomic mass is 35.5. The number of imidazole rings is 1. The highest BCUT2D eigenvalue weighted by Gasteiger charge is 2.25. The topological polar surface area (TPSA) is 38.1 Å². The first-order valence-corrected chi connectivity index (χ1v) is 9.96. The number of fused-ring (bicyclic) bond motifs is 1. The summed E-state index contributed by atoms with van der Waals surface area (Å²) in [6, 6.07) is 8.27. The largest absolute Gasteiger partial charge is 0.339 e. The normalized spacial score (nSPS) is 15.4. The predicted octanol–water partition coefficient (Wildman–Crippen LogP) is 5.00. The third kappa shape index (κ3) is 3.63. The SMILES string of the molecule is Cc1cc2ncn(CC3CCN(C(=O)c4ccc(F)cc4Cl)CC3)c2cc1C. The van der Waals surface area contributed by atoms with Gasteiger partial charge in [0.05, 0.1) is 27.9 Å². The summed E-state index contributed by atoms with van der Waals surface area (Å²) in [4.78, 5) is 19.1. The minimum atomic E-state index is -0.432. The van der Waals surface area contributed by atoms with Crippen LogP contribution in [0.5, 0.6) is 0 Å². The van der Waals surface area contributed by atoms with Gasteiger partial charge in [0.1, 0.15) is 5.82 Å². The van der Waals surface area contributed by atoms with Gasteiger partial charge in [-0.3, -0.25) is 4.79 Å². The van der Waals surface area contributed by atoms with Gasteiger partial charge >= 0.3 is 0 Å². The van der Waals surface area contributed by atoms with Crippen molar-refractivity contribution in [3.05, 3.63) is 64.2 Å². The molecular formula is C22H23ClFN3O. The molecule has 2 heterocycles. The molecule has 1 aromatic heterocycles. The molecule has 1 saturated heterocycles. The van der Waals surface area contributed by atoms with E-state index in [4.69, 9.17) is 11.6 Å². The van der Waals surface area contributed by atoms with Crippen LogP contribution < -0.4 is 0 Å². The van der Waals surface area contributed by atoms with Crippen LogP contribution in [0.2, 0.25) is 5.02 Å². The number of rotatable bonds is 3. The number of likely N-dealkylation sites (tertiary alicyclic amines) is 1. The van der Waals surface area contributed by atoms with Gasteiger partial charge in [0.2, 0.25) is 0 Å². The molecule has 0 saturated carbocycles. The van der Waals surface area contributed by atoms with Crippen LogP contribution in [0.25, 0.3) is 11.0 Å². The Morgan fingerprint density at radius 1 is 1.18 bits per heavy atom. The standard InChI is InChI=1S/C22H23ClFN3O/c1-14-9-20-21(10-15(14)2)27(13-25-20)12-16-5-7-26(8-6-16)22(28)18-4-3-17(24)11-19(18)23/h3-4,9-11,13,16H,5-8,12H2,1-2H3. The van der Waals surface area contributed by atoms with Gasteiger partial charge in [0.15, 0.2) is 0 Å². The average Bonchev–Trinajstić information content (AvgIpc) is 3.04. The smallest absolute Gasteiger partial charge is 0.255 e. The maximum absolute atomic E-state index is 13.2. The minimum Gasteiger partial charge on any atom is -0.339 e. The molecule has 0 radical (unpaired) electrons. The fraction of sp³-hybridized carbons (Fsp3) is 0.364. The number of carbonyl (C=O) groups is 1. The zero-order valence-corrected chi connectivity index (χ0v) is 16.8. The molecule has 6 heteroatoms. The summed E-state index contributed by atoms with van der Waals surface area (Å²) < 4.78 is 15.4. The fourth-order valence-corrected chi connectivity index (χ4v) is 4.14. The molecule has 146 valence electrons. The van der Waals surface area contributed by atoms with Gasteiger partial charge in [0.25, 0.3) is 5.91 Å². The quantitative estimate of drug-likeness (QED) is 0.621. The van der Waals surface area contributed by atoms with Crippen molar-refractivity contribution >= 4 is 28.5 Å². The number of hydrogen-bond donors (Lipinski definition) is 0. The second-order valence-corrected chi connectivity index (χ2v) is 8.09. The van der Waals surface area contributed by atoms with Crippen LogP contribution >= 0.6 is 11.6 Å². The van der Waals surface area contributed by atoms with Gasteiger partial charge in [0, 0.05) is 19.6 Å². The number of halogens is 2. The number of aryl methyl sites for hydroxylation is 2. The lowest BCUT2D eigenvalue weighted by atomic mass is 9.96. The summed E-state index contributed by atoms with van der Waals surface area (Å²) >= 11 is 6.05. The highest BCUT2D eigenvalue weighted by molar-refractivity contribution is 6.33. The van der Waals surface area contributed by atoms with Crippen LogP contribution in [0.1, 0.15) is 34.3 Å². The highest BCUT2D eigenvalue weighted by Crippen LogP contribution is 2.26. The van der Waals surface area contributed by atoms with Gasteiger partial charge in [-0.2, -0.15) is 0 Å². The van der Waals surface area contributed by atoms with E-state index in [-0.39, 0.29) is 10.9 Å². The van der Waals surface area contributed by atoms with E-state index < -0.39 is 5.82 Å². The van der Waals surface area contributed by atoms with E-state index in [2.05, 4.69) is 35.5 Å². The molecule has 0 bridgehead atoms. The number of amides is 1. The van der Waals surface area contributed by atoms with Crippen LogP contribution in [0, 0.1) is 25.6 Å². The summed E-state index contributed by atoms with van der Waals surface area (Å²) in [6.07, 6.45) is 3.77. The summed E-state index contributed by atoms with van der Waals surface area (Å²) in [5, 5.41) is 0.169. The van der Waals surface area contributed by atoms with Crippen molar-refractivity contribution < 1.29 is 9.18 Å². The molecular weight excluding hydrogens is 377 g/mol. The van der Waals surface area contributed by atoms with Crippen LogP contribution in [-0.4, -0.2) is 33.4 Å². The first-order valence-electron chi connectivity index (χ1n) is 9.59. The van der Waals surface area contributed by atoms with Gasteiger partial charge in [-0.05, 0) is 74.1 Å². The zero-order chi connectivity index (χ0) is 19.8. The number of carbonyl (C=O) groups excluding carboxylic acids is 1. The Hall–Kier alpha value is -2.40. The number of aromatic nitrogens is 2. The number of benzene rings is 2. The Labute approximate surface area is 168 Å². The Morgan fingerprint density at radius 2 is 1.89 bits per heavy atom. The number of nitrogens with zero attached hydrogens (tertiary/aromatic N) is 3. The molecule has 1 fully saturated rings. The lowest BCUT2D eigenvalue weighted by Crippen LogP contribution is -2.39. The van der Waals surface area contributed by atoms with Crippen molar-refractivity contribution in [2.45, 2.75) is 33.2 Å². The second-order valence-electron chi connectivity index (χ2n) is 7.68. The molecule has 4 rings (SSSR count). The Morgan fingerprint density at radius 3 is 2.61 bits per heavy atom. The van der Waals surface area contributed by atoms with Crippen molar-refractivity contribution in [2.24, 2.45) is 5.92 Å². The molecule has 4 nitrogen and oxygen atoms in total. The molecule has 0 aliphatic carbocycles. The molecule has 0 unspecified atom stereocenters. The first kappa shape index (κ1) is 18.9. The summed E-state index contributed by atoms with van der Waals surface area (Å²) in [5.74, 6) is -0.0624. The van der Waals surface area contributed by atoms with Crippen LogP contribution in [-0.2, 0) is 6.54 Å². The maximum Gasteiger partial charge on any atom is 0.255 e. The van der Waals surface area contributed by atoms with E-state index in [0.717, 1.165) is 24.9 Å². The third-order valence-electron chi connectivity index (χ3n) is 5.75. The zero-order valence-electron chi connectivity index (χ0n) is 16.1. The summed E-state index contributed by atoms with van der Waals surface area (Å²) in [7, 11) is 0. The van der Waals surface area contributed by atoms with E-state index in [1.54, 1.807) is 0 Å². The predicted molar refractivity (Wildman–Crippen MR) is 109 cm³/mol. The first-order chi connectivity index (χ1) is 13.4. The molecule has 2 aromatic carbocycles. The molecule has 0 atom stereocenters. The van der Waals surface area contributed by atoms with Gasteiger partial charge in [-0.25, -0.2) is 9.37 Å². The van der Waals surface area contributed by atoms with Gasteiger partial charge in [-0.1, -0.05) is 11.6 Å². The second kappa shape index (κ2) is 7.55. The Balaban J connectivity index is 1.42. The fourth-order valence-electron chi connectivity index (χ4n) is 3.89. The Bertz CT molecular complexity index is 1040. The van der Waals surface area contributed by atoms with Crippen LogP contribution in [0.15, 0.2) is 36.7 Å². The molecule has 28 heavy (non-hydrogen) atoms. The number of hydrogen-bond acceptors (Lipinski definition) is 2. The average molecular weight is 400 g/mol. The van der Waals surface area contributed by atoms with Crippen molar-refractivity contribution in [1.29, 1.82) is 0 Å². The maximum atomic E-state index is 13.2. The van der Waals surface area contributed by atoms with Gasteiger partial charge in [-0.15, -0.1) is 0 Å². The van der Waals surface area contributed by atoms with E-state index in [0.29, 0.717) is 24.6 Å². The van der Waals surface area contributed by atoms with E-state index >= 15 is 0 Å². The lowest BCUT2D eigenvalue weighted by molar-refractivity contribution is 0.0683. The summed E-state index contributed by atoms with van der Waals surface area (Å²) in [5.41, 5.74) is 5.09. The van der Waals surface area contributed by atoms with Crippen molar-refractivity contribution in [3.63, 3.8) is 0 Å². The van der Waals surface area contributed by atoms with E-state index in [1.807, 2.05) is 11.2 Å². The van der Waals surface area contributed by atoms with Crippen LogP contribution in [0.4, 0.5) is 4.39 Å². The molecule has 3 aromatic rings. The van der Waals surface area contributed by atoms with Gasteiger partial charge < -0.3 is 9.47 Å². The summed E-state index contributed by atoms with van der Waals surface area (Å²) in [6.45, 7) is 6.49. The van der Waals surface area contributed by atoms with Crippen molar-refractivity contribution in [1.82, 2.24) is 14.5 Å². The monoisotopic (exact) mass is 399 g/mol. The molecule has 0 N–H and O–H groups in total. The van der Waals surface area contributed by atoms with Crippen LogP contribution in [0.3, 0.4) is 0 Å². The van der Waals surface area contributed by atoms with Crippen molar-refractivity contribution in [2.75, 3.05) is 13.1 Å². The lowest BCUT2D eigenvalue weighted by Gasteiger charge is -2.32. The van der Waals surface area contributed by atoms with Crippen molar-refractivity contribution in [3.8, 4) is 0 Å². The molecule has 1 aliphatic heterocycles. The van der Waals surface area contributed by atoms with E-state index in [1.165, 1.54) is 34.8 Å².